The van der Waals surface area contributed by atoms with Crippen LogP contribution >= 0.6 is 12.4 Å². The predicted octanol–water partition coefficient (Wildman–Crippen LogP) is 3.53. The van der Waals surface area contributed by atoms with Crippen LogP contribution in [0.2, 0.25) is 0 Å². The highest BCUT2D eigenvalue weighted by Crippen LogP contribution is 2.28. The summed E-state index contributed by atoms with van der Waals surface area (Å²) in [6.45, 7) is 3.77. The molecule has 1 aromatic rings. The number of amides is 1. The van der Waals surface area contributed by atoms with Gasteiger partial charge >= 0.3 is 6.61 Å². The van der Waals surface area contributed by atoms with Crippen molar-refractivity contribution in [2.45, 2.75) is 46.3 Å². The van der Waals surface area contributed by atoms with E-state index in [9.17, 15) is 13.6 Å². The number of rotatable bonds is 4. The molecule has 7 heteroatoms. The fourth-order valence-electron chi connectivity index (χ4n) is 3.15. The Bertz CT molecular complexity index is 559. The SMILES string of the molecule is Cc1cc(C(=O)N2CCCC(C(C)N)C2)cc(C)c1OC(F)F.Cl. The fourth-order valence-corrected chi connectivity index (χ4v) is 3.15. The number of hydrogen-bond acceptors (Lipinski definition) is 3. The van der Waals surface area contributed by atoms with E-state index in [1.165, 1.54) is 0 Å². The third kappa shape index (κ3) is 4.80. The van der Waals surface area contributed by atoms with Gasteiger partial charge in [0.2, 0.25) is 0 Å². The van der Waals surface area contributed by atoms with Gasteiger partial charge in [-0.25, -0.2) is 0 Å². The van der Waals surface area contributed by atoms with Gasteiger partial charge in [-0.2, -0.15) is 8.78 Å². The number of piperidine rings is 1. The van der Waals surface area contributed by atoms with Crippen LogP contribution in [0.3, 0.4) is 0 Å². The van der Waals surface area contributed by atoms with Crippen molar-refractivity contribution >= 4 is 18.3 Å². The Morgan fingerprint density at radius 3 is 2.42 bits per heavy atom. The summed E-state index contributed by atoms with van der Waals surface area (Å²) in [6, 6.07) is 3.28. The van der Waals surface area contributed by atoms with Crippen molar-refractivity contribution in [3.8, 4) is 5.75 Å². The van der Waals surface area contributed by atoms with Gasteiger partial charge in [-0.3, -0.25) is 4.79 Å². The van der Waals surface area contributed by atoms with Crippen LogP contribution in [-0.4, -0.2) is 36.5 Å². The lowest BCUT2D eigenvalue weighted by molar-refractivity contribution is -0.0507. The van der Waals surface area contributed by atoms with E-state index < -0.39 is 6.61 Å². The first-order valence-electron chi connectivity index (χ1n) is 7.90. The number of nitrogens with two attached hydrogens (primary N) is 1. The first-order valence-corrected chi connectivity index (χ1v) is 7.90. The van der Waals surface area contributed by atoms with Gasteiger partial charge in [0.05, 0.1) is 0 Å². The Labute approximate surface area is 147 Å². The normalized spacial score (nSPS) is 19.0. The second kappa shape index (κ2) is 8.62. The average molecular weight is 363 g/mol. The second-order valence-electron chi connectivity index (χ2n) is 6.33. The number of carbonyl (C=O) groups is 1. The van der Waals surface area contributed by atoms with E-state index in [1.807, 2.05) is 6.92 Å². The molecule has 1 aliphatic heterocycles. The molecule has 0 aromatic heterocycles. The van der Waals surface area contributed by atoms with Crippen LogP contribution in [0.15, 0.2) is 12.1 Å². The molecule has 1 fully saturated rings. The summed E-state index contributed by atoms with van der Waals surface area (Å²) >= 11 is 0. The molecule has 1 aromatic carbocycles. The second-order valence-corrected chi connectivity index (χ2v) is 6.33. The lowest BCUT2D eigenvalue weighted by atomic mass is 9.91. The smallest absolute Gasteiger partial charge is 0.387 e. The Hall–Kier alpha value is -1.40. The van der Waals surface area contributed by atoms with Crippen molar-refractivity contribution in [1.82, 2.24) is 4.90 Å². The molecule has 1 saturated heterocycles. The predicted molar refractivity (Wildman–Crippen MR) is 92.1 cm³/mol. The molecule has 0 radical (unpaired) electrons. The van der Waals surface area contributed by atoms with Crippen LogP contribution in [0.5, 0.6) is 5.75 Å². The van der Waals surface area contributed by atoms with Crippen LogP contribution < -0.4 is 10.5 Å². The third-order valence-corrected chi connectivity index (χ3v) is 4.40. The van der Waals surface area contributed by atoms with Crippen molar-refractivity contribution in [2.24, 2.45) is 11.7 Å². The minimum absolute atomic E-state index is 0. The van der Waals surface area contributed by atoms with Crippen molar-refractivity contribution in [3.05, 3.63) is 28.8 Å². The number of likely N-dealkylation sites (tertiary alicyclic amines) is 1. The molecule has 0 saturated carbocycles. The molecule has 2 atom stereocenters. The number of hydrogen-bond donors (Lipinski definition) is 1. The van der Waals surface area contributed by atoms with Gasteiger partial charge in [-0.15, -0.1) is 12.4 Å². The van der Waals surface area contributed by atoms with E-state index in [2.05, 4.69) is 4.74 Å². The van der Waals surface area contributed by atoms with E-state index in [1.54, 1.807) is 30.9 Å². The summed E-state index contributed by atoms with van der Waals surface area (Å²) < 4.78 is 29.4. The lowest BCUT2D eigenvalue weighted by Gasteiger charge is -2.34. The van der Waals surface area contributed by atoms with E-state index in [-0.39, 0.29) is 30.1 Å². The third-order valence-electron chi connectivity index (χ3n) is 4.40. The number of nitrogens with zero attached hydrogens (tertiary/aromatic N) is 1. The van der Waals surface area contributed by atoms with Crippen LogP contribution in [0, 0.1) is 19.8 Å². The molecule has 24 heavy (non-hydrogen) atoms. The molecule has 1 heterocycles. The number of ether oxygens (including phenoxy) is 1. The number of carbonyl (C=O) groups excluding carboxylic acids is 1. The summed E-state index contributed by atoms with van der Waals surface area (Å²) in [5.41, 5.74) is 7.54. The van der Waals surface area contributed by atoms with Crippen LogP contribution in [0.1, 0.15) is 41.3 Å². The van der Waals surface area contributed by atoms with E-state index in [4.69, 9.17) is 5.73 Å². The molecule has 0 bridgehead atoms. The summed E-state index contributed by atoms with van der Waals surface area (Å²) in [5, 5.41) is 0. The van der Waals surface area contributed by atoms with E-state index in [0.717, 1.165) is 12.8 Å². The minimum Gasteiger partial charge on any atom is -0.434 e. The molecule has 136 valence electrons. The highest BCUT2D eigenvalue weighted by molar-refractivity contribution is 5.95. The highest BCUT2D eigenvalue weighted by atomic mass is 35.5. The molecule has 2 N–H and O–H groups in total. The standard InChI is InChI=1S/C17H24F2N2O2.ClH/c1-10-7-14(8-11(2)15(10)23-17(18)19)16(22)21-6-4-5-13(9-21)12(3)20;/h7-8,12-13,17H,4-6,9,20H2,1-3H3;1H. The first-order chi connectivity index (χ1) is 10.8. The van der Waals surface area contributed by atoms with Gasteiger partial charge in [-0.05, 0) is 62.8 Å². The summed E-state index contributed by atoms with van der Waals surface area (Å²) in [7, 11) is 0. The molecule has 2 unspecified atom stereocenters. The summed E-state index contributed by atoms with van der Waals surface area (Å²) in [6.07, 6.45) is 1.96. The molecule has 1 amide bonds. The maximum atomic E-state index is 12.7. The average Bonchev–Trinajstić information content (AvgIpc) is 2.49. The molecule has 2 rings (SSSR count). The van der Waals surface area contributed by atoms with Crippen molar-refractivity contribution < 1.29 is 18.3 Å². The van der Waals surface area contributed by atoms with Crippen molar-refractivity contribution in [2.75, 3.05) is 13.1 Å². The molecule has 0 spiro atoms. The van der Waals surface area contributed by atoms with Crippen molar-refractivity contribution in [3.63, 3.8) is 0 Å². The zero-order valence-corrected chi connectivity index (χ0v) is 15.0. The van der Waals surface area contributed by atoms with Crippen LogP contribution in [-0.2, 0) is 0 Å². The van der Waals surface area contributed by atoms with Gasteiger partial charge in [0, 0.05) is 24.7 Å². The molecule has 4 nitrogen and oxygen atoms in total. The first kappa shape index (κ1) is 20.6. The molecule has 0 aliphatic carbocycles. The zero-order valence-electron chi connectivity index (χ0n) is 14.2. The van der Waals surface area contributed by atoms with E-state index >= 15 is 0 Å². The summed E-state index contributed by atoms with van der Waals surface area (Å²) in [5.74, 6) is 0.366. The van der Waals surface area contributed by atoms with Gasteiger partial charge in [0.25, 0.3) is 5.91 Å². The Balaban J connectivity index is 0.00000288. The number of benzene rings is 1. The monoisotopic (exact) mass is 362 g/mol. The van der Waals surface area contributed by atoms with Crippen molar-refractivity contribution in [1.29, 1.82) is 0 Å². The largest absolute Gasteiger partial charge is 0.434 e. The minimum atomic E-state index is -2.87. The Morgan fingerprint density at radius 1 is 1.33 bits per heavy atom. The van der Waals surface area contributed by atoms with Gasteiger partial charge in [0.15, 0.2) is 0 Å². The maximum absolute atomic E-state index is 12.7. The van der Waals surface area contributed by atoms with Crippen LogP contribution in [0.25, 0.3) is 0 Å². The number of aryl methyl sites for hydroxylation is 2. The highest BCUT2D eigenvalue weighted by Gasteiger charge is 2.27. The van der Waals surface area contributed by atoms with E-state index in [0.29, 0.717) is 35.7 Å². The summed E-state index contributed by atoms with van der Waals surface area (Å²) in [4.78, 5) is 14.5. The molecular formula is C17H25ClF2N2O2. The lowest BCUT2D eigenvalue weighted by Crippen LogP contribution is -2.45. The molecule has 1 aliphatic rings. The quantitative estimate of drug-likeness (QED) is 0.891. The van der Waals surface area contributed by atoms with Crippen LogP contribution in [0.4, 0.5) is 8.78 Å². The number of halogens is 3. The van der Waals surface area contributed by atoms with Gasteiger partial charge < -0.3 is 15.4 Å². The van der Waals surface area contributed by atoms with Gasteiger partial charge in [-0.1, -0.05) is 0 Å². The topological polar surface area (TPSA) is 55.6 Å². The maximum Gasteiger partial charge on any atom is 0.387 e. The Morgan fingerprint density at radius 2 is 1.92 bits per heavy atom. The number of alkyl halides is 2. The van der Waals surface area contributed by atoms with Gasteiger partial charge in [0.1, 0.15) is 5.75 Å². The Kier molecular flexibility index (Phi) is 7.42. The zero-order chi connectivity index (χ0) is 17.1. The fraction of sp³-hybridized carbons (Fsp3) is 0.588. The molecular weight excluding hydrogens is 338 g/mol.